The summed E-state index contributed by atoms with van der Waals surface area (Å²) in [5, 5.41) is 12.2. The van der Waals surface area contributed by atoms with Crippen LogP contribution < -0.4 is 10.1 Å². The maximum absolute atomic E-state index is 11.9. The average Bonchev–Trinajstić information content (AvgIpc) is 2.62. The molecular formula is C19H24ClNO8. The molecule has 2 saturated heterocycles. The highest BCUT2D eigenvalue weighted by atomic mass is 35.5. The van der Waals surface area contributed by atoms with E-state index in [9.17, 15) is 9.59 Å². The van der Waals surface area contributed by atoms with Crippen LogP contribution in [0.25, 0.3) is 0 Å². The molecule has 0 radical (unpaired) electrons. The van der Waals surface area contributed by atoms with E-state index in [4.69, 9.17) is 40.4 Å². The largest absolute Gasteiger partial charge is 0.480 e. The van der Waals surface area contributed by atoms with Gasteiger partial charge < -0.3 is 34.1 Å². The van der Waals surface area contributed by atoms with Crippen molar-refractivity contribution in [2.75, 3.05) is 13.2 Å². The van der Waals surface area contributed by atoms with Crippen molar-refractivity contribution in [1.29, 1.82) is 0 Å². The number of amides is 1. The van der Waals surface area contributed by atoms with E-state index in [1.54, 1.807) is 38.1 Å². The van der Waals surface area contributed by atoms with Gasteiger partial charge in [0.2, 0.25) is 12.2 Å². The standard InChI is InChI=1S/C19H24ClNO8/c1-10(22)21-15-17(25-9-14(23)24)16-13(8-26-19(2,3)29-16)28-18(15)27-12-7-5-4-6-11(12)20/h4-7,13,15-18H,8-9H2,1-3H3,(H,21,22)(H,23,24). The van der Waals surface area contributed by atoms with E-state index in [1.165, 1.54) is 6.92 Å². The van der Waals surface area contributed by atoms with Crippen LogP contribution in [0.4, 0.5) is 0 Å². The number of carboxylic acid groups (broad SMARTS) is 1. The summed E-state index contributed by atoms with van der Waals surface area (Å²) in [4.78, 5) is 23.0. The molecule has 1 aromatic rings. The minimum atomic E-state index is -1.15. The van der Waals surface area contributed by atoms with Crippen LogP contribution in [0.3, 0.4) is 0 Å². The number of para-hydroxylation sites is 1. The third kappa shape index (κ3) is 5.37. The van der Waals surface area contributed by atoms with Gasteiger partial charge in [-0.25, -0.2) is 4.79 Å². The van der Waals surface area contributed by atoms with Gasteiger partial charge in [0.1, 0.15) is 36.7 Å². The Hall–Kier alpha value is -1.91. The van der Waals surface area contributed by atoms with E-state index in [0.717, 1.165) is 0 Å². The molecule has 5 atom stereocenters. The highest BCUT2D eigenvalue weighted by Gasteiger charge is 2.53. The molecular weight excluding hydrogens is 406 g/mol. The molecule has 2 N–H and O–H groups in total. The van der Waals surface area contributed by atoms with Crippen molar-refractivity contribution in [3.63, 3.8) is 0 Å². The Kier molecular flexibility index (Phi) is 6.65. The maximum Gasteiger partial charge on any atom is 0.329 e. The molecule has 0 aromatic heterocycles. The monoisotopic (exact) mass is 429 g/mol. The van der Waals surface area contributed by atoms with Gasteiger partial charge in [-0.3, -0.25) is 4.79 Å². The van der Waals surface area contributed by atoms with Crippen LogP contribution in [0.5, 0.6) is 5.75 Å². The van der Waals surface area contributed by atoms with Crippen molar-refractivity contribution in [2.45, 2.75) is 57.2 Å². The first-order chi connectivity index (χ1) is 13.7. The minimum Gasteiger partial charge on any atom is -0.480 e. The van der Waals surface area contributed by atoms with Crippen molar-refractivity contribution in [1.82, 2.24) is 5.32 Å². The van der Waals surface area contributed by atoms with Gasteiger partial charge in [0, 0.05) is 6.92 Å². The van der Waals surface area contributed by atoms with E-state index in [0.29, 0.717) is 10.8 Å². The lowest BCUT2D eigenvalue weighted by Gasteiger charge is -2.50. The first-order valence-electron chi connectivity index (χ1n) is 9.15. The van der Waals surface area contributed by atoms with Gasteiger partial charge in [-0.2, -0.15) is 0 Å². The number of hydrogen-bond acceptors (Lipinski definition) is 7. The Morgan fingerprint density at radius 2 is 2.07 bits per heavy atom. The summed E-state index contributed by atoms with van der Waals surface area (Å²) in [6.07, 6.45) is -3.14. The molecule has 1 aromatic carbocycles. The van der Waals surface area contributed by atoms with Crippen LogP contribution in [0.15, 0.2) is 24.3 Å². The molecule has 1 amide bonds. The molecule has 2 fully saturated rings. The fourth-order valence-electron chi connectivity index (χ4n) is 3.34. The number of ether oxygens (including phenoxy) is 5. The van der Waals surface area contributed by atoms with Crippen molar-refractivity contribution in [3.8, 4) is 5.75 Å². The Morgan fingerprint density at radius 1 is 1.34 bits per heavy atom. The van der Waals surface area contributed by atoms with Gasteiger partial charge >= 0.3 is 5.97 Å². The Labute approximate surface area is 173 Å². The second-order valence-electron chi connectivity index (χ2n) is 7.28. The zero-order valence-corrected chi connectivity index (χ0v) is 17.0. The number of rotatable bonds is 6. The number of carbonyl (C=O) groups excluding carboxylic acids is 1. The van der Waals surface area contributed by atoms with Gasteiger partial charge in [-0.1, -0.05) is 23.7 Å². The van der Waals surface area contributed by atoms with E-state index < -0.39 is 49.0 Å². The SMILES string of the molecule is CC(=O)NC1C(Oc2ccccc2Cl)OC2COC(C)(C)OC2C1OCC(=O)O. The smallest absolute Gasteiger partial charge is 0.329 e. The van der Waals surface area contributed by atoms with Gasteiger partial charge in [-0.15, -0.1) is 0 Å². The van der Waals surface area contributed by atoms with E-state index in [-0.39, 0.29) is 12.5 Å². The molecule has 29 heavy (non-hydrogen) atoms. The van der Waals surface area contributed by atoms with Crippen LogP contribution in [-0.2, 0) is 28.5 Å². The molecule has 2 heterocycles. The molecule has 5 unspecified atom stereocenters. The first-order valence-corrected chi connectivity index (χ1v) is 9.53. The number of carboxylic acids is 1. The second kappa shape index (κ2) is 8.85. The third-order valence-electron chi connectivity index (χ3n) is 4.51. The topological polar surface area (TPSA) is 113 Å². The molecule has 0 bridgehead atoms. The normalized spacial score (nSPS) is 30.8. The van der Waals surface area contributed by atoms with Crippen LogP contribution in [0, 0.1) is 0 Å². The summed E-state index contributed by atoms with van der Waals surface area (Å²) in [5.74, 6) is -2.08. The molecule has 2 aliphatic rings. The zero-order valence-electron chi connectivity index (χ0n) is 16.3. The number of hydrogen-bond donors (Lipinski definition) is 2. The number of halogens is 1. The quantitative estimate of drug-likeness (QED) is 0.700. The van der Waals surface area contributed by atoms with Crippen molar-refractivity contribution in [2.24, 2.45) is 0 Å². The lowest BCUT2D eigenvalue weighted by Crippen LogP contribution is -2.69. The maximum atomic E-state index is 11.9. The Bertz CT molecular complexity index is 757. The predicted molar refractivity (Wildman–Crippen MR) is 101 cm³/mol. The molecule has 0 saturated carbocycles. The Balaban J connectivity index is 1.91. The fraction of sp³-hybridized carbons (Fsp3) is 0.579. The van der Waals surface area contributed by atoms with Crippen LogP contribution in [-0.4, -0.2) is 66.6 Å². The molecule has 2 aliphatic heterocycles. The number of nitrogens with one attached hydrogen (secondary N) is 1. The van der Waals surface area contributed by atoms with Gasteiger partial charge in [-0.05, 0) is 26.0 Å². The first kappa shape index (κ1) is 21.8. The summed E-state index contributed by atoms with van der Waals surface area (Å²) < 4.78 is 29.2. The van der Waals surface area contributed by atoms with Gasteiger partial charge in [0.25, 0.3) is 0 Å². The van der Waals surface area contributed by atoms with E-state index in [2.05, 4.69) is 5.32 Å². The van der Waals surface area contributed by atoms with Crippen LogP contribution in [0.1, 0.15) is 20.8 Å². The van der Waals surface area contributed by atoms with E-state index in [1.807, 2.05) is 0 Å². The zero-order chi connectivity index (χ0) is 21.2. The highest BCUT2D eigenvalue weighted by molar-refractivity contribution is 6.32. The lowest BCUT2D eigenvalue weighted by molar-refractivity contribution is -0.364. The number of fused-ring (bicyclic) bond motifs is 1. The summed E-state index contributed by atoms with van der Waals surface area (Å²) in [6.45, 7) is 4.41. The fourth-order valence-corrected chi connectivity index (χ4v) is 3.52. The average molecular weight is 430 g/mol. The van der Waals surface area contributed by atoms with Gasteiger partial charge in [0.15, 0.2) is 5.79 Å². The molecule has 3 rings (SSSR count). The second-order valence-corrected chi connectivity index (χ2v) is 7.69. The van der Waals surface area contributed by atoms with Crippen molar-refractivity contribution >= 4 is 23.5 Å². The summed E-state index contributed by atoms with van der Waals surface area (Å²) in [6, 6.07) is 5.96. The molecule has 9 nitrogen and oxygen atoms in total. The number of carbonyl (C=O) groups is 2. The highest BCUT2D eigenvalue weighted by Crippen LogP contribution is 2.35. The number of benzene rings is 1. The van der Waals surface area contributed by atoms with Crippen molar-refractivity contribution in [3.05, 3.63) is 29.3 Å². The van der Waals surface area contributed by atoms with Gasteiger partial charge in [0.05, 0.1) is 11.6 Å². The molecule has 10 heteroatoms. The Morgan fingerprint density at radius 3 is 2.72 bits per heavy atom. The summed E-state index contributed by atoms with van der Waals surface area (Å²) in [5.41, 5.74) is 0. The molecule has 160 valence electrons. The van der Waals surface area contributed by atoms with Crippen molar-refractivity contribution < 1.29 is 38.4 Å². The molecule has 0 spiro atoms. The van der Waals surface area contributed by atoms with Crippen LogP contribution in [0.2, 0.25) is 5.02 Å². The minimum absolute atomic E-state index is 0.180. The summed E-state index contributed by atoms with van der Waals surface area (Å²) in [7, 11) is 0. The predicted octanol–water partition coefficient (Wildman–Crippen LogP) is 1.57. The van der Waals surface area contributed by atoms with E-state index >= 15 is 0 Å². The summed E-state index contributed by atoms with van der Waals surface area (Å²) >= 11 is 6.18. The molecule has 0 aliphatic carbocycles. The van der Waals surface area contributed by atoms with Crippen LogP contribution >= 0.6 is 11.6 Å². The lowest BCUT2D eigenvalue weighted by atomic mass is 9.95. The number of aliphatic carboxylic acids is 1. The third-order valence-corrected chi connectivity index (χ3v) is 4.82.